The number of anilines is 1. The summed E-state index contributed by atoms with van der Waals surface area (Å²) < 4.78 is 5.62. The average molecular weight is 312 g/mol. The maximum atomic E-state index is 12.0. The molecule has 0 bridgehead atoms. The molecule has 0 unspecified atom stereocenters. The van der Waals surface area contributed by atoms with Gasteiger partial charge in [-0.05, 0) is 43.7 Å². The van der Waals surface area contributed by atoms with Crippen LogP contribution in [0.2, 0.25) is 0 Å². The van der Waals surface area contributed by atoms with Gasteiger partial charge in [0.15, 0.2) is 0 Å². The van der Waals surface area contributed by atoms with Gasteiger partial charge in [0, 0.05) is 17.8 Å². The minimum atomic E-state index is -0.289. The fourth-order valence-electron chi connectivity index (χ4n) is 1.98. The van der Waals surface area contributed by atoms with E-state index in [0.29, 0.717) is 11.3 Å². The minimum Gasteiger partial charge on any atom is -0.491 e. The molecule has 5 heteroatoms. The first-order valence-electron chi connectivity index (χ1n) is 7.38. The van der Waals surface area contributed by atoms with E-state index in [4.69, 9.17) is 4.74 Å². The van der Waals surface area contributed by atoms with Crippen LogP contribution < -0.4 is 10.1 Å². The van der Waals surface area contributed by atoms with Gasteiger partial charge >= 0.3 is 0 Å². The van der Waals surface area contributed by atoms with Gasteiger partial charge in [-0.15, -0.1) is 0 Å². The van der Waals surface area contributed by atoms with Crippen molar-refractivity contribution in [1.29, 1.82) is 0 Å². The van der Waals surface area contributed by atoms with Crippen molar-refractivity contribution in [3.05, 3.63) is 59.9 Å². The predicted molar refractivity (Wildman–Crippen MR) is 90.0 cm³/mol. The summed E-state index contributed by atoms with van der Waals surface area (Å²) in [6.45, 7) is 3.77. The van der Waals surface area contributed by atoms with Crippen molar-refractivity contribution in [2.45, 2.75) is 26.6 Å². The molecule has 1 aromatic heterocycles. The van der Waals surface area contributed by atoms with Crippen LogP contribution in [0, 0.1) is 0 Å². The Balaban J connectivity index is 2.03. The summed E-state index contributed by atoms with van der Waals surface area (Å²) in [5.74, 6) is 0.472. The molecule has 1 aromatic carbocycles. The van der Waals surface area contributed by atoms with Gasteiger partial charge in [0.2, 0.25) is 5.91 Å². The molecular weight excluding hydrogens is 292 g/mol. The molecule has 1 amide bonds. The van der Waals surface area contributed by atoms with Gasteiger partial charge in [-0.2, -0.15) is 0 Å². The number of hydrogen-bond acceptors (Lipinski definition) is 4. The van der Waals surface area contributed by atoms with Crippen LogP contribution in [0.4, 0.5) is 5.69 Å². The van der Waals surface area contributed by atoms with Crippen LogP contribution >= 0.6 is 0 Å². The van der Waals surface area contributed by atoms with E-state index in [0.717, 1.165) is 11.3 Å². The lowest BCUT2D eigenvalue weighted by molar-refractivity contribution is -0.111. The lowest BCUT2D eigenvalue weighted by Crippen LogP contribution is -2.10. The lowest BCUT2D eigenvalue weighted by atomic mass is 10.2. The number of hydrogen-bond donors (Lipinski definition) is 2. The summed E-state index contributed by atoms with van der Waals surface area (Å²) in [4.78, 5) is 15.9. The Morgan fingerprint density at radius 1 is 1.39 bits per heavy atom. The van der Waals surface area contributed by atoms with Crippen molar-refractivity contribution in [3.63, 3.8) is 0 Å². The molecule has 0 saturated heterocycles. The van der Waals surface area contributed by atoms with Gasteiger partial charge in [0.1, 0.15) is 5.75 Å². The summed E-state index contributed by atoms with van der Waals surface area (Å²) in [5, 5.41) is 11.9. The molecule has 2 aromatic rings. The number of amides is 1. The summed E-state index contributed by atoms with van der Waals surface area (Å²) in [7, 11) is 0. The fraction of sp³-hybridized carbons (Fsp3) is 0.222. The molecule has 0 aliphatic rings. The second kappa shape index (κ2) is 8.10. The fourth-order valence-corrected chi connectivity index (χ4v) is 1.98. The standard InChI is InChI=1S/C18H20N2O3/c1-13(2)23-16-5-3-4-14(10-16)6-7-18(22)20-17-11-19-9-8-15(17)12-21/h3-11,13,21H,12H2,1-2H3,(H,20,22)/b7-6+. The molecular formula is C18H20N2O3. The third-order valence-electron chi connectivity index (χ3n) is 3.00. The van der Waals surface area contributed by atoms with Crippen LogP contribution in [0.5, 0.6) is 5.75 Å². The molecule has 0 fully saturated rings. The van der Waals surface area contributed by atoms with E-state index in [1.807, 2.05) is 38.1 Å². The van der Waals surface area contributed by atoms with Gasteiger partial charge in [0.25, 0.3) is 0 Å². The van der Waals surface area contributed by atoms with E-state index in [2.05, 4.69) is 10.3 Å². The molecule has 2 rings (SSSR count). The molecule has 2 N–H and O–H groups in total. The van der Waals surface area contributed by atoms with E-state index < -0.39 is 0 Å². The van der Waals surface area contributed by atoms with Crippen molar-refractivity contribution in [3.8, 4) is 5.75 Å². The van der Waals surface area contributed by atoms with Gasteiger partial charge in [0.05, 0.1) is 24.6 Å². The zero-order valence-electron chi connectivity index (χ0n) is 13.2. The Hall–Kier alpha value is -2.66. The monoisotopic (exact) mass is 312 g/mol. The van der Waals surface area contributed by atoms with Gasteiger partial charge in [-0.1, -0.05) is 12.1 Å². The van der Waals surface area contributed by atoms with Gasteiger partial charge < -0.3 is 15.2 Å². The third kappa shape index (κ3) is 5.23. The Morgan fingerprint density at radius 2 is 2.22 bits per heavy atom. The molecule has 0 atom stereocenters. The number of aliphatic hydroxyl groups excluding tert-OH is 1. The highest BCUT2D eigenvalue weighted by atomic mass is 16.5. The lowest BCUT2D eigenvalue weighted by Gasteiger charge is -2.09. The highest BCUT2D eigenvalue weighted by Crippen LogP contribution is 2.16. The van der Waals surface area contributed by atoms with Crippen LogP contribution in [0.15, 0.2) is 48.8 Å². The first-order valence-corrected chi connectivity index (χ1v) is 7.38. The molecule has 23 heavy (non-hydrogen) atoms. The summed E-state index contributed by atoms with van der Waals surface area (Å²) in [6, 6.07) is 9.17. The number of carbonyl (C=O) groups excluding carboxylic acids is 1. The highest BCUT2D eigenvalue weighted by Gasteiger charge is 2.04. The van der Waals surface area contributed by atoms with E-state index >= 15 is 0 Å². The van der Waals surface area contributed by atoms with Crippen molar-refractivity contribution >= 4 is 17.7 Å². The first-order chi connectivity index (χ1) is 11.1. The normalized spacial score (nSPS) is 11.0. The van der Waals surface area contributed by atoms with Crippen LogP contribution in [0.3, 0.4) is 0 Å². The molecule has 1 heterocycles. The topological polar surface area (TPSA) is 71.5 Å². The van der Waals surface area contributed by atoms with E-state index in [1.54, 1.807) is 18.3 Å². The number of carbonyl (C=O) groups is 1. The Bertz CT molecular complexity index is 696. The molecule has 0 radical (unpaired) electrons. The number of benzene rings is 1. The number of ether oxygens (including phenoxy) is 1. The maximum absolute atomic E-state index is 12.0. The molecule has 0 aliphatic carbocycles. The van der Waals surface area contributed by atoms with Crippen LogP contribution in [0.1, 0.15) is 25.0 Å². The quantitative estimate of drug-likeness (QED) is 0.804. The van der Waals surface area contributed by atoms with Gasteiger partial charge in [-0.3, -0.25) is 9.78 Å². The zero-order chi connectivity index (χ0) is 16.7. The number of aliphatic hydroxyl groups is 1. The highest BCUT2D eigenvalue weighted by molar-refractivity contribution is 6.02. The summed E-state index contributed by atoms with van der Waals surface area (Å²) in [5.41, 5.74) is 1.99. The third-order valence-corrected chi connectivity index (χ3v) is 3.00. The van der Waals surface area contributed by atoms with Crippen LogP contribution in [-0.2, 0) is 11.4 Å². The first kappa shape index (κ1) is 16.7. The van der Waals surface area contributed by atoms with E-state index in [1.165, 1.54) is 12.3 Å². The maximum Gasteiger partial charge on any atom is 0.248 e. The average Bonchev–Trinajstić information content (AvgIpc) is 2.53. The summed E-state index contributed by atoms with van der Waals surface area (Å²) >= 11 is 0. The van der Waals surface area contributed by atoms with Crippen molar-refractivity contribution in [2.24, 2.45) is 0 Å². The van der Waals surface area contributed by atoms with Crippen molar-refractivity contribution in [1.82, 2.24) is 4.98 Å². The second-order valence-electron chi connectivity index (χ2n) is 5.25. The van der Waals surface area contributed by atoms with Gasteiger partial charge in [-0.25, -0.2) is 0 Å². The minimum absolute atomic E-state index is 0.0972. The van der Waals surface area contributed by atoms with Crippen LogP contribution in [0.25, 0.3) is 6.08 Å². The Kier molecular flexibility index (Phi) is 5.88. The number of aromatic nitrogens is 1. The van der Waals surface area contributed by atoms with Crippen molar-refractivity contribution < 1.29 is 14.6 Å². The largest absolute Gasteiger partial charge is 0.491 e. The predicted octanol–water partition coefficient (Wildman–Crippen LogP) is 3.01. The molecule has 0 spiro atoms. The number of nitrogens with zero attached hydrogens (tertiary/aromatic N) is 1. The molecule has 0 aliphatic heterocycles. The SMILES string of the molecule is CC(C)Oc1cccc(/C=C/C(=O)Nc2cnccc2CO)c1. The Labute approximate surface area is 135 Å². The Morgan fingerprint density at radius 3 is 2.96 bits per heavy atom. The number of pyridine rings is 1. The number of rotatable bonds is 6. The summed E-state index contributed by atoms with van der Waals surface area (Å²) in [6.07, 6.45) is 6.31. The zero-order valence-corrected chi connectivity index (χ0v) is 13.2. The number of nitrogens with one attached hydrogen (secondary N) is 1. The van der Waals surface area contributed by atoms with E-state index in [9.17, 15) is 9.90 Å². The van der Waals surface area contributed by atoms with E-state index in [-0.39, 0.29) is 18.6 Å². The molecule has 5 nitrogen and oxygen atoms in total. The van der Waals surface area contributed by atoms with Crippen LogP contribution in [-0.4, -0.2) is 22.1 Å². The van der Waals surface area contributed by atoms with Crippen molar-refractivity contribution in [2.75, 3.05) is 5.32 Å². The second-order valence-corrected chi connectivity index (χ2v) is 5.25. The smallest absolute Gasteiger partial charge is 0.248 e. The molecule has 120 valence electrons. The molecule has 0 saturated carbocycles.